The smallest absolute Gasteiger partial charge is 0.173 e. The molecule has 0 radical (unpaired) electrons. The van der Waals surface area contributed by atoms with Crippen molar-refractivity contribution in [3.63, 3.8) is 0 Å². The van der Waals surface area contributed by atoms with Crippen LogP contribution in [-0.4, -0.2) is 11.1 Å². The summed E-state index contributed by atoms with van der Waals surface area (Å²) in [4.78, 5) is 11.1. The molecule has 3 nitrogen and oxygen atoms in total. The molecule has 0 amide bonds. The van der Waals surface area contributed by atoms with E-state index in [-0.39, 0.29) is 28.1 Å². The average Bonchev–Trinajstić information content (AvgIpc) is 2.12. The molecular formula is C8H8BrFN2O. The molecule has 0 atom stereocenters. The minimum atomic E-state index is -0.663. The Morgan fingerprint density at radius 1 is 1.46 bits per heavy atom. The van der Waals surface area contributed by atoms with Gasteiger partial charge >= 0.3 is 0 Å². The Morgan fingerprint density at radius 3 is 2.54 bits per heavy atom. The lowest BCUT2D eigenvalue weighted by Crippen LogP contribution is -2.05. The third kappa shape index (κ3) is 1.98. The molecule has 5 heteroatoms. The third-order valence-electron chi connectivity index (χ3n) is 1.60. The van der Waals surface area contributed by atoms with E-state index >= 15 is 0 Å². The summed E-state index contributed by atoms with van der Waals surface area (Å²) in [6.45, 7) is 0. The Morgan fingerprint density at radius 2 is 2.08 bits per heavy atom. The predicted octanol–water partition coefficient (Wildman–Crippen LogP) is 1.57. The van der Waals surface area contributed by atoms with E-state index in [9.17, 15) is 9.18 Å². The molecule has 0 saturated heterocycles. The Bertz CT molecular complexity index is 331. The van der Waals surface area contributed by atoms with E-state index in [4.69, 9.17) is 11.5 Å². The van der Waals surface area contributed by atoms with Gasteiger partial charge in [0.15, 0.2) is 5.78 Å². The number of hydrogen-bond acceptors (Lipinski definition) is 3. The van der Waals surface area contributed by atoms with E-state index in [1.807, 2.05) is 0 Å². The summed E-state index contributed by atoms with van der Waals surface area (Å²) in [6, 6.07) is 2.44. The summed E-state index contributed by atoms with van der Waals surface area (Å²) in [5.74, 6) is -0.894. The average molecular weight is 247 g/mol. The minimum absolute atomic E-state index is 0.0873. The molecule has 1 aromatic carbocycles. The van der Waals surface area contributed by atoms with Crippen molar-refractivity contribution in [2.75, 3.05) is 16.8 Å². The first kappa shape index (κ1) is 9.98. The van der Waals surface area contributed by atoms with Crippen molar-refractivity contribution < 1.29 is 9.18 Å². The highest BCUT2D eigenvalue weighted by molar-refractivity contribution is 9.09. The van der Waals surface area contributed by atoms with Gasteiger partial charge in [0.2, 0.25) is 0 Å². The van der Waals surface area contributed by atoms with Gasteiger partial charge in [-0.1, -0.05) is 15.9 Å². The second kappa shape index (κ2) is 3.74. The Hall–Kier alpha value is -1.10. The normalized spacial score (nSPS) is 10.0. The number of halogens is 2. The second-order valence-corrected chi connectivity index (χ2v) is 3.08. The molecule has 0 aliphatic rings. The van der Waals surface area contributed by atoms with Crippen molar-refractivity contribution in [1.29, 1.82) is 0 Å². The lowest BCUT2D eigenvalue weighted by molar-refractivity contribution is 0.102. The molecule has 0 fully saturated rings. The van der Waals surface area contributed by atoms with Crippen LogP contribution < -0.4 is 11.5 Å². The van der Waals surface area contributed by atoms with Gasteiger partial charge in [0, 0.05) is 5.56 Å². The van der Waals surface area contributed by atoms with Crippen LogP contribution >= 0.6 is 15.9 Å². The maximum atomic E-state index is 13.0. The summed E-state index contributed by atoms with van der Waals surface area (Å²) in [5.41, 5.74) is 10.8. The number of nitrogen functional groups attached to an aromatic ring is 2. The van der Waals surface area contributed by atoms with Crippen LogP contribution in [0.3, 0.4) is 0 Å². The number of alkyl halides is 1. The van der Waals surface area contributed by atoms with Crippen LogP contribution in [0.15, 0.2) is 12.1 Å². The first-order valence-electron chi connectivity index (χ1n) is 3.50. The van der Waals surface area contributed by atoms with Crippen molar-refractivity contribution in [2.24, 2.45) is 0 Å². The molecule has 1 rings (SSSR count). The molecule has 13 heavy (non-hydrogen) atoms. The van der Waals surface area contributed by atoms with Gasteiger partial charge < -0.3 is 11.5 Å². The summed E-state index contributed by atoms with van der Waals surface area (Å²) >= 11 is 2.98. The third-order valence-corrected chi connectivity index (χ3v) is 2.11. The highest BCUT2D eigenvalue weighted by Gasteiger charge is 2.10. The summed E-state index contributed by atoms with van der Waals surface area (Å²) < 4.78 is 13.0. The van der Waals surface area contributed by atoms with Gasteiger partial charge in [0.1, 0.15) is 5.82 Å². The summed E-state index contributed by atoms with van der Waals surface area (Å²) in [5, 5.41) is 0.135. The zero-order chi connectivity index (χ0) is 10.0. The van der Waals surface area contributed by atoms with E-state index in [1.165, 1.54) is 6.07 Å². The van der Waals surface area contributed by atoms with Gasteiger partial charge in [-0.05, 0) is 12.1 Å². The van der Waals surface area contributed by atoms with Crippen molar-refractivity contribution in [3.05, 3.63) is 23.5 Å². The molecule has 0 aromatic heterocycles. The standard InChI is InChI=1S/C8H8BrFN2O/c9-3-7(13)4-1-5(10)8(12)6(11)2-4/h1-2H,3,11-12H2. The molecule has 70 valence electrons. The molecule has 0 unspecified atom stereocenters. The Balaban J connectivity index is 3.20. The maximum Gasteiger partial charge on any atom is 0.173 e. The predicted molar refractivity (Wildman–Crippen MR) is 53.3 cm³/mol. The Labute approximate surface area is 83.0 Å². The summed E-state index contributed by atoms with van der Waals surface area (Å²) in [6.07, 6.45) is 0. The molecule has 0 spiro atoms. The highest BCUT2D eigenvalue weighted by Crippen LogP contribution is 2.21. The van der Waals surface area contributed by atoms with Crippen LogP contribution in [0.1, 0.15) is 10.4 Å². The first-order chi connectivity index (χ1) is 6.06. The van der Waals surface area contributed by atoms with E-state index < -0.39 is 5.82 Å². The molecular weight excluding hydrogens is 239 g/mol. The van der Waals surface area contributed by atoms with Crippen molar-refractivity contribution in [3.8, 4) is 0 Å². The molecule has 0 saturated carbocycles. The van der Waals surface area contributed by atoms with Crippen LogP contribution in [0.2, 0.25) is 0 Å². The van der Waals surface area contributed by atoms with Crippen LogP contribution in [0.25, 0.3) is 0 Å². The van der Waals surface area contributed by atoms with Gasteiger partial charge in [-0.25, -0.2) is 4.39 Å². The van der Waals surface area contributed by atoms with Crippen molar-refractivity contribution in [2.45, 2.75) is 0 Å². The Kier molecular flexibility index (Phi) is 2.87. The SMILES string of the molecule is Nc1cc(C(=O)CBr)cc(F)c1N. The van der Waals surface area contributed by atoms with Crippen molar-refractivity contribution in [1.82, 2.24) is 0 Å². The van der Waals surface area contributed by atoms with Gasteiger partial charge in [-0.15, -0.1) is 0 Å². The van der Waals surface area contributed by atoms with E-state index in [0.29, 0.717) is 0 Å². The number of benzene rings is 1. The fourth-order valence-corrected chi connectivity index (χ4v) is 1.20. The molecule has 4 N–H and O–H groups in total. The van der Waals surface area contributed by atoms with Gasteiger partial charge in [-0.2, -0.15) is 0 Å². The lowest BCUT2D eigenvalue weighted by atomic mass is 10.1. The largest absolute Gasteiger partial charge is 0.397 e. The maximum absolute atomic E-state index is 13.0. The van der Waals surface area contributed by atoms with Crippen LogP contribution in [0.5, 0.6) is 0 Å². The van der Waals surface area contributed by atoms with Crippen LogP contribution in [-0.2, 0) is 0 Å². The van der Waals surface area contributed by atoms with E-state index in [0.717, 1.165) is 6.07 Å². The van der Waals surface area contributed by atoms with Crippen LogP contribution in [0, 0.1) is 5.82 Å². The minimum Gasteiger partial charge on any atom is -0.397 e. The molecule has 1 aromatic rings. The zero-order valence-electron chi connectivity index (χ0n) is 6.68. The topological polar surface area (TPSA) is 69.1 Å². The quantitative estimate of drug-likeness (QED) is 0.473. The summed E-state index contributed by atoms with van der Waals surface area (Å²) in [7, 11) is 0. The van der Waals surface area contributed by atoms with E-state index in [1.54, 1.807) is 0 Å². The number of hydrogen-bond donors (Lipinski definition) is 2. The van der Waals surface area contributed by atoms with Crippen LogP contribution in [0.4, 0.5) is 15.8 Å². The highest BCUT2D eigenvalue weighted by atomic mass is 79.9. The molecule has 0 aliphatic carbocycles. The number of carbonyl (C=O) groups excluding carboxylic acids is 1. The molecule has 0 aliphatic heterocycles. The number of anilines is 2. The van der Waals surface area contributed by atoms with E-state index in [2.05, 4.69) is 15.9 Å². The number of carbonyl (C=O) groups is 1. The van der Waals surface area contributed by atoms with Crippen molar-refractivity contribution >= 4 is 33.1 Å². The fraction of sp³-hybridized carbons (Fsp3) is 0.125. The second-order valence-electron chi connectivity index (χ2n) is 2.52. The number of rotatable bonds is 2. The zero-order valence-corrected chi connectivity index (χ0v) is 8.27. The monoisotopic (exact) mass is 246 g/mol. The number of nitrogens with two attached hydrogens (primary N) is 2. The van der Waals surface area contributed by atoms with Gasteiger partial charge in [0.05, 0.1) is 16.7 Å². The van der Waals surface area contributed by atoms with Gasteiger partial charge in [0.25, 0.3) is 0 Å². The molecule has 0 bridgehead atoms. The van der Waals surface area contributed by atoms with Gasteiger partial charge in [-0.3, -0.25) is 4.79 Å². The first-order valence-corrected chi connectivity index (χ1v) is 4.62. The molecule has 0 heterocycles. The number of Topliss-reactive ketones (excluding diaryl/α,β-unsaturated/α-hetero) is 1. The lowest BCUT2D eigenvalue weighted by Gasteiger charge is -2.04. The fourth-order valence-electron chi connectivity index (χ4n) is 0.877. The number of ketones is 1.